The highest BCUT2D eigenvalue weighted by Gasteiger charge is 2.38. The van der Waals surface area contributed by atoms with E-state index in [2.05, 4.69) is 9.88 Å². The quantitative estimate of drug-likeness (QED) is 0.674. The number of alkyl halides is 3. The van der Waals surface area contributed by atoms with Crippen LogP contribution in [0.2, 0.25) is 0 Å². The average molecular weight is 408 g/mol. The molecule has 0 unspecified atom stereocenters. The number of ether oxygens (including phenoxy) is 1. The number of anilines is 1. The van der Waals surface area contributed by atoms with Gasteiger partial charge in [0.05, 0.1) is 13.3 Å². The minimum atomic E-state index is -5.08. The van der Waals surface area contributed by atoms with Gasteiger partial charge in [-0.25, -0.2) is 9.78 Å². The second kappa shape index (κ2) is 9.13. The van der Waals surface area contributed by atoms with Crippen molar-refractivity contribution in [2.75, 3.05) is 26.1 Å². The first-order valence-electron chi connectivity index (χ1n) is 8.30. The Morgan fingerprint density at radius 2 is 1.55 bits per heavy atom. The van der Waals surface area contributed by atoms with Gasteiger partial charge in [-0.3, -0.25) is 0 Å². The molecule has 2 aromatic carbocycles. The molecule has 0 fully saturated rings. The van der Waals surface area contributed by atoms with E-state index in [4.69, 9.17) is 19.1 Å². The second-order valence-electron chi connectivity index (χ2n) is 6.00. The van der Waals surface area contributed by atoms with Crippen molar-refractivity contribution >= 4 is 11.7 Å². The summed E-state index contributed by atoms with van der Waals surface area (Å²) < 4.78 is 42.8. The third-order valence-corrected chi connectivity index (χ3v) is 3.75. The van der Waals surface area contributed by atoms with E-state index in [1.54, 1.807) is 13.3 Å². The molecule has 0 aliphatic rings. The van der Waals surface area contributed by atoms with Gasteiger partial charge in [-0.05, 0) is 48.5 Å². The van der Waals surface area contributed by atoms with Crippen molar-refractivity contribution in [3.05, 3.63) is 54.7 Å². The molecule has 29 heavy (non-hydrogen) atoms. The van der Waals surface area contributed by atoms with Gasteiger partial charge < -0.3 is 19.2 Å². The topological polar surface area (TPSA) is 75.8 Å². The molecule has 3 aromatic rings. The summed E-state index contributed by atoms with van der Waals surface area (Å²) in [5.74, 6) is -0.569. The number of nitrogens with zero attached hydrogens (tertiary/aromatic N) is 2. The fourth-order valence-corrected chi connectivity index (χ4v) is 2.20. The Balaban J connectivity index is 0.000000370. The van der Waals surface area contributed by atoms with E-state index in [9.17, 15) is 13.2 Å². The molecule has 0 saturated carbocycles. The van der Waals surface area contributed by atoms with Gasteiger partial charge in [-0.2, -0.15) is 13.2 Å². The Kier molecular flexibility index (Phi) is 6.87. The summed E-state index contributed by atoms with van der Waals surface area (Å²) in [6.07, 6.45) is -3.34. The van der Waals surface area contributed by atoms with E-state index in [0.29, 0.717) is 5.89 Å². The van der Waals surface area contributed by atoms with Crippen molar-refractivity contribution in [1.82, 2.24) is 4.98 Å². The predicted molar refractivity (Wildman–Crippen MR) is 102 cm³/mol. The number of hydrogen-bond acceptors (Lipinski definition) is 5. The molecule has 0 spiro atoms. The normalized spacial score (nSPS) is 10.7. The first-order valence-corrected chi connectivity index (χ1v) is 8.30. The predicted octanol–water partition coefficient (Wildman–Crippen LogP) is 4.72. The maximum absolute atomic E-state index is 10.6. The zero-order chi connectivity index (χ0) is 21.6. The van der Waals surface area contributed by atoms with E-state index < -0.39 is 12.1 Å². The van der Waals surface area contributed by atoms with E-state index in [0.717, 1.165) is 28.3 Å². The third-order valence-electron chi connectivity index (χ3n) is 3.75. The molecule has 0 atom stereocenters. The molecule has 1 heterocycles. The van der Waals surface area contributed by atoms with Crippen LogP contribution in [-0.2, 0) is 4.79 Å². The number of carboxylic acid groups (broad SMARTS) is 1. The van der Waals surface area contributed by atoms with E-state index in [-0.39, 0.29) is 0 Å². The van der Waals surface area contributed by atoms with Gasteiger partial charge in [0.25, 0.3) is 0 Å². The Morgan fingerprint density at radius 1 is 1.03 bits per heavy atom. The number of rotatable bonds is 4. The molecule has 0 radical (unpaired) electrons. The van der Waals surface area contributed by atoms with Gasteiger partial charge in [0.2, 0.25) is 5.89 Å². The SMILES string of the molecule is COc1ccc(-c2cnc(-c3ccc(N(C)C)cc3)o2)cc1.O=C(O)C(F)(F)F. The fourth-order valence-electron chi connectivity index (χ4n) is 2.20. The Hall–Kier alpha value is -3.49. The molecule has 1 N–H and O–H groups in total. The molecule has 9 heteroatoms. The lowest BCUT2D eigenvalue weighted by molar-refractivity contribution is -0.192. The van der Waals surface area contributed by atoms with Gasteiger partial charge >= 0.3 is 12.1 Å². The summed E-state index contributed by atoms with van der Waals surface area (Å²) in [7, 11) is 5.68. The van der Waals surface area contributed by atoms with Gasteiger partial charge in [0.1, 0.15) is 5.75 Å². The molecule has 0 bridgehead atoms. The number of halogens is 3. The van der Waals surface area contributed by atoms with Crippen molar-refractivity contribution in [1.29, 1.82) is 0 Å². The Morgan fingerprint density at radius 3 is 2.00 bits per heavy atom. The number of aromatic nitrogens is 1. The van der Waals surface area contributed by atoms with Crippen LogP contribution in [0.3, 0.4) is 0 Å². The highest BCUT2D eigenvalue weighted by Crippen LogP contribution is 2.28. The number of carbonyl (C=O) groups is 1. The summed E-state index contributed by atoms with van der Waals surface area (Å²) in [5.41, 5.74) is 3.08. The zero-order valence-corrected chi connectivity index (χ0v) is 15.9. The number of carboxylic acids is 1. The van der Waals surface area contributed by atoms with Crippen molar-refractivity contribution in [3.8, 4) is 28.5 Å². The first-order chi connectivity index (χ1) is 13.6. The number of benzene rings is 2. The molecule has 3 rings (SSSR count). The standard InChI is InChI=1S/C18H18N2O2.C2HF3O2/c1-20(2)15-8-4-14(5-9-15)18-19-12-17(22-18)13-6-10-16(21-3)11-7-13;3-2(4,5)1(6)7/h4-12H,1-3H3;(H,6,7). The van der Waals surface area contributed by atoms with Gasteiger partial charge in [0.15, 0.2) is 5.76 Å². The zero-order valence-electron chi connectivity index (χ0n) is 15.9. The minimum Gasteiger partial charge on any atom is -0.497 e. The molecule has 0 aliphatic heterocycles. The van der Waals surface area contributed by atoms with Gasteiger partial charge in [-0.1, -0.05) is 0 Å². The van der Waals surface area contributed by atoms with E-state index in [1.165, 1.54) is 0 Å². The van der Waals surface area contributed by atoms with Crippen molar-refractivity contribution < 1.29 is 32.2 Å². The number of methoxy groups -OCH3 is 1. The fraction of sp³-hybridized carbons (Fsp3) is 0.200. The highest BCUT2D eigenvalue weighted by molar-refractivity contribution is 5.73. The molecular formula is C20H19F3N2O4. The average Bonchev–Trinajstić information content (AvgIpc) is 3.18. The van der Waals surface area contributed by atoms with Crippen LogP contribution >= 0.6 is 0 Å². The Labute approximate surface area is 165 Å². The maximum Gasteiger partial charge on any atom is 0.490 e. The van der Waals surface area contributed by atoms with Crippen LogP contribution in [0.15, 0.2) is 59.1 Å². The van der Waals surface area contributed by atoms with Crippen molar-refractivity contribution in [2.24, 2.45) is 0 Å². The summed E-state index contributed by atoms with van der Waals surface area (Å²) in [4.78, 5) is 15.3. The summed E-state index contributed by atoms with van der Waals surface area (Å²) in [5, 5.41) is 7.12. The maximum atomic E-state index is 10.6. The monoisotopic (exact) mass is 408 g/mol. The van der Waals surface area contributed by atoms with Crippen LogP contribution in [0.4, 0.5) is 18.9 Å². The Bertz CT molecular complexity index is 934. The lowest BCUT2D eigenvalue weighted by atomic mass is 10.2. The number of oxazole rings is 1. The van der Waals surface area contributed by atoms with Crippen molar-refractivity contribution in [3.63, 3.8) is 0 Å². The molecule has 1 aromatic heterocycles. The molecule has 0 amide bonds. The molecular weight excluding hydrogens is 389 g/mol. The lowest BCUT2D eigenvalue weighted by Crippen LogP contribution is -2.21. The van der Waals surface area contributed by atoms with E-state index >= 15 is 0 Å². The summed E-state index contributed by atoms with van der Waals surface area (Å²) in [6, 6.07) is 15.8. The minimum absolute atomic E-state index is 0.621. The molecule has 6 nitrogen and oxygen atoms in total. The summed E-state index contributed by atoms with van der Waals surface area (Å²) >= 11 is 0. The number of aliphatic carboxylic acids is 1. The first kappa shape index (κ1) is 21.8. The van der Waals surface area contributed by atoms with Crippen LogP contribution in [0.5, 0.6) is 5.75 Å². The van der Waals surface area contributed by atoms with Crippen LogP contribution in [-0.4, -0.2) is 43.4 Å². The second-order valence-corrected chi connectivity index (χ2v) is 6.00. The molecule has 0 saturated heterocycles. The van der Waals surface area contributed by atoms with Crippen LogP contribution in [0, 0.1) is 0 Å². The third kappa shape index (κ3) is 6.00. The van der Waals surface area contributed by atoms with E-state index in [1.807, 2.05) is 62.6 Å². The van der Waals surface area contributed by atoms with Gasteiger partial charge in [0, 0.05) is 30.9 Å². The number of hydrogen-bond donors (Lipinski definition) is 1. The smallest absolute Gasteiger partial charge is 0.490 e. The molecule has 0 aliphatic carbocycles. The lowest BCUT2D eigenvalue weighted by Gasteiger charge is -2.11. The molecule has 154 valence electrons. The highest BCUT2D eigenvalue weighted by atomic mass is 19.4. The van der Waals surface area contributed by atoms with Crippen LogP contribution in [0.25, 0.3) is 22.8 Å². The largest absolute Gasteiger partial charge is 0.497 e. The van der Waals surface area contributed by atoms with Gasteiger partial charge in [-0.15, -0.1) is 0 Å². The van der Waals surface area contributed by atoms with Crippen molar-refractivity contribution in [2.45, 2.75) is 6.18 Å². The summed E-state index contributed by atoms with van der Waals surface area (Å²) in [6.45, 7) is 0. The van der Waals surface area contributed by atoms with Crippen LogP contribution < -0.4 is 9.64 Å². The van der Waals surface area contributed by atoms with Crippen LogP contribution in [0.1, 0.15) is 0 Å².